The maximum Gasteiger partial charge on any atom is 0.235 e. The van der Waals surface area contributed by atoms with Crippen LogP contribution in [0.15, 0.2) is 48.5 Å². The lowest BCUT2D eigenvalue weighted by Crippen LogP contribution is -2.15. The number of aromatic nitrogens is 2. The Morgan fingerprint density at radius 2 is 1.88 bits per heavy atom. The third kappa shape index (κ3) is 3.06. The van der Waals surface area contributed by atoms with E-state index in [2.05, 4.69) is 10.4 Å². The van der Waals surface area contributed by atoms with Crippen molar-refractivity contribution in [2.75, 3.05) is 11.1 Å². The smallest absolute Gasteiger partial charge is 0.235 e. The van der Waals surface area contributed by atoms with Crippen molar-refractivity contribution in [3.63, 3.8) is 0 Å². The van der Waals surface area contributed by atoms with Crippen LogP contribution in [0, 0.1) is 6.92 Å². The molecule has 0 bridgehead atoms. The number of phenols is 1. The molecule has 0 saturated heterocycles. The van der Waals surface area contributed by atoms with Gasteiger partial charge in [-0.25, -0.2) is 4.68 Å². The number of aryl methyl sites for hydroxylation is 1. The maximum absolute atomic E-state index is 12.3. The van der Waals surface area contributed by atoms with Crippen LogP contribution in [0.2, 0.25) is 5.02 Å². The molecule has 26 heavy (non-hydrogen) atoms. The zero-order valence-electron chi connectivity index (χ0n) is 13.9. The number of aromatic hydroxyl groups is 1. The van der Waals surface area contributed by atoms with Crippen LogP contribution in [-0.2, 0) is 4.79 Å². The largest absolute Gasteiger partial charge is 0.508 e. The number of nitrogens with zero attached hydrogens (tertiary/aromatic N) is 2. The molecule has 0 aliphatic carbocycles. The number of amides is 1. The standard InChI is InChI=1S/C19H16ClN3O2S/c1-11-17-18(12-2-8-15(24)9-3-12)26-10-16(25)21-19(17)23(22-11)14-6-4-13(20)5-7-14/h2-9,18,24H,10H2,1H3,(H,21,25)/t18-/m0/s1. The van der Waals surface area contributed by atoms with E-state index in [4.69, 9.17) is 11.6 Å². The number of thioether (sulfide) groups is 1. The summed E-state index contributed by atoms with van der Waals surface area (Å²) < 4.78 is 1.75. The number of carbonyl (C=O) groups is 1. The summed E-state index contributed by atoms with van der Waals surface area (Å²) >= 11 is 7.54. The van der Waals surface area contributed by atoms with Gasteiger partial charge in [0.25, 0.3) is 0 Å². The first-order valence-corrected chi connectivity index (χ1v) is 9.51. The quantitative estimate of drug-likeness (QED) is 0.689. The predicted molar refractivity (Wildman–Crippen MR) is 104 cm³/mol. The molecule has 5 nitrogen and oxygen atoms in total. The highest BCUT2D eigenvalue weighted by molar-refractivity contribution is 8.00. The van der Waals surface area contributed by atoms with E-state index in [0.29, 0.717) is 16.6 Å². The average molecular weight is 386 g/mol. The molecule has 2 heterocycles. The summed E-state index contributed by atoms with van der Waals surface area (Å²) in [6.45, 7) is 1.94. The highest BCUT2D eigenvalue weighted by atomic mass is 35.5. The van der Waals surface area contributed by atoms with E-state index in [-0.39, 0.29) is 16.9 Å². The van der Waals surface area contributed by atoms with Crippen LogP contribution in [0.25, 0.3) is 5.69 Å². The monoisotopic (exact) mass is 385 g/mol. The zero-order valence-corrected chi connectivity index (χ0v) is 15.5. The van der Waals surface area contributed by atoms with Gasteiger partial charge in [-0.05, 0) is 48.9 Å². The molecule has 1 atom stereocenters. The Bertz CT molecular complexity index is 968. The summed E-state index contributed by atoms with van der Waals surface area (Å²) in [5.41, 5.74) is 3.67. The summed E-state index contributed by atoms with van der Waals surface area (Å²) in [6, 6.07) is 14.4. The number of fused-ring (bicyclic) bond motifs is 1. The Balaban J connectivity index is 1.87. The number of benzene rings is 2. The minimum atomic E-state index is -0.0624. The fraction of sp³-hybridized carbons (Fsp3) is 0.158. The Morgan fingerprint density at radius 3 is 2.58 bits per heavy atom. The number of phenolic OH excluding ortho intramolecular Hbond substituents is 1. The third-order valence-electron chi connectivity index (χ3n) is 4.27. The number of hydrogen-bond acceptors (Lipinski definition) is 4. The van der Waals surface area contributed by atoms with Gasteiger partial charge in [-0.2, -0.15) is 5.10 Å². The van der Waals surface area contributed by atoms with Crippen molar-refractivity contribution in [3.8, 4) is 11.4 Å². The van der Waals surface area contributed by atoms with Crippen molar-refractivity contribution in [2.45, 2.75) is 12.2 Å². The van der Waals surface area contributed by atoms with Gasteiger partial charge in [0, 0.05) is 10.6 Å². The van der Waals surface area contributed by atoms with E-state index in [1.54, 1.807) is 40.7 Å². The van der Waals surface area contributed by atoms with Crippen LogP contribution in [0.5, 0.6) is 5.75 Å². The van der Waals surface area contributed by atoms with E-state index < -0.39 is 0 Å². The van der Waals surface area contributed by atoms with E-state index in [9.17, 15) is 9.90 Å². The molecule has 3 aromatic rings. The van der Waals surface area contributed by atoms with E-state index in [1.165, 1.54) is 0 Å². The molecule has 0 spiro atoms. The molecule has 1 aliphatic rings. The molecule has 2 aromatic carbocycles. The Hall–Kier alpha value is -2.44. The van der Waals surface area contributed by atoms with Crippen LogP contribution in [-0.4, -0.2) is 26.5 Å². The van der Waals surface area contributed by atoms with E-state index >= 15 is 0 Å². The number of halogens is 1. The zero-order chi connectivity index (χ0) is 18.3. The van der Waals surface area contributed by atoms with Crippen molar-refractivity contribution in [3.05, 3.63) is 70.4 Å². The predicted octanol–water partition coefficient (Wildman–Crippen LogP) is 4.31. The van der Waals surface area contributed by atoms with E-state index in [0.717, 1.165) is 22.5 Å². The molecule has 4 rings (SSSR count). The lowest BCUT2D eigenvalue weighted by Gasteiger charge is -2.15. The van der Waals surface area contributed by atoms with Gasteiger partial charge in [0.05, 0.1) is 22.4 Å². The van der Waals surface area contributed by atoms with Gasteiger partial charge in [-0.3, -0.25) is 4.79 Å². The van der Waals surface area contributed by atoms with Gasteiger partial charge in [0.15, 0.2) is 0 Å². The molecule has 1 amide bonds. The SMILES string of the molecule is Cc1nn(-c2ccc(Cl)cc2)c2c1[C@H](c1ccc(O)cc1)SCC(=O)N2. The van der Waals surface area contributed by atoms with Crippen molar-refractivity contribution in [1.29, 1.82) is 0 Å². The van der Waals surface area contributed by atoms with Crippen LogP contribution in [0.3, 0.4) is 0 Å². The minimum absolute atomic E-state index is 0.0504. The van der Waals surface area contributed by atoms with Gasteiger partial charge in [0.2, 0.25) is 5.91 Å². The molecular formula is C19H16ClN3O2S. The highest BCUT2D eigenvalue weighted by Crippen LogP contribution is 2.44. The third-order valence-corrected chi connectivity index (χ3v) is 5.80. The molecule has 0 unspecified atom stereocenters. The Kier molecular flexibility index (Phi) is 4.38. The summed E-state index contributed by atoms with van der Waals surface area (Å²) in [5.74, 6) is 1.18. The minimum Gasteiger partial charge on any atom is -0.508 e. The second kappa shape index (κ2) is 6.70. The Morgan fingerprint density at radius 1 is 1.19 bits per heavy atom. The van der Waals surface area contributed by atoms with Crippen LogP contribution in [0.1, 0.15) is 22.1 Å². The summed E-state index contributed by atoms with van der Waals surface area (Å²) in [4.78, 5) is 12.3. The maximum atomic E-state index is 12.3. The van der Waals surface area contributed by atoms with Gasteiger partial charge in [-0.1, -0.05) is 23.7 Å². The van der Waals surface area contributed by atoms with Crippen LogP contribution < -0.4 is 5.32 Å². The fourth-order valence-corrected chi connectivity index (χ4v) is 4.38. The summed E-state index contributed by atoms with van der Waals surface area (Å²) in [6.07, 6.45) is 0. The van der Waals surface area contributed by atoms with Crippen molar-refractivity contribution < 1.29 is 9.90 Å². The lowest BCUT2D eigenvalue weighted by atomic mass is 10.0. The average Bonchev–Trinajstić information content (AvgIpc) is 2.83. The first-order valence-electron chi connectivity index (χ1n) is 8.09. The number of rotatable bonds is 2. The molecule has 2 N–H and O–H groups in total. The second-order valence-electron chi connectivity index (χ2n) is 6.07. The molecule has 132 valence electrons. The van der Waals surface area contributed by atoms with Crippen molar-refractivity contribution >= 4 is 35.1 Å². The first kappa shape index (κ1) is 17.0. The van der Waals surface area contributed by atoms with Crippen LogP contribution >= 0.6 is 23.4 Å². The topological polar surface area (TPSA) is 67.1 Å². The molecule has 0 saturated carbocycles. The summed E-state index contributed by atoms with van der Waals surface area (Å²) in [5, 5.41) is 17.8. The van der Waals surface area contributed by atoms with Crippen LogP contribution in [0.4, 0.5) is 5.82 Å². The fourth-order valence-electron chi connectivity index (χ4n) is 3.07. The normalized spacial score (nSPS) is 16.7. The molecule has 1 aliphatic heterocycles. The van der Waals surface area contributed by atoms with Gasteiger partial charge >= 0.3 is 0 Å². The highest BCUT2D eigenvalue weighted by Gasteiger charge is 2.30. The van der Waals surface area contributed by atoms with E-state index in [1.807, 2.05) is 31.2 Å². The number of carbonyl (C=O) groups excluding carboxylic acids is 1. The molecule has 0 radical (unpaired) electrons. The molecule has 0 fully saturated rings. The molecule has 7 heteroatoms. The number of nitrogens with one attached hydrogen (secondary N) is 1. The Labute approximate surface area is 160 Å². The summed E-state index contributed by atoms with van der Waals surface area (Å²) in [7, 11) is 0. The lowest BCUT2D eigenvalue weighted by molar-refractivity contribution is -0.113. The second-order valence-corrected chi connectivity index (χ2v) is 7.60. The number of hydrogen-bond donors (Lipinski definition) is 2. The molecule has 1 aromatic heterocycles. The number of anilines is 1. The van der Waals surface area contributed by atoms with Gasteiger partial charge in [0.1, 0.15) is 11.6 Å². The van der Waals surface area contributed by atoms with Gasteiger partial charge in [-0.15, -0.1) is 11.8 Å². The molecular weight excluding hydrogens is 370 g/mol. The van der Waals surface area contributed by atoms with Gasteiger partial charge < -0.3 is 10.4 Å². The van der Waals surface area contributed by atoms with Crippen molar-refractivity contribution in [1.82, 2.24) is 9.78 Å². The first-order chi connectivity index (χ1) is 12.5. The van der Waals surface area contributed by atoms with Crippen molar-refractivity contribution in [2.24, 2.45) is 0 Å².